The van der Waals surface area contributed by atoms with Crippen LogP contribution in [0.3, 0.4) is 0 Å². The lowest BCUT2D eigenvalue weighted by Crippen LogP contribution is -2.42. The van der Waals surface area contributed by atoms with Crippen molar-refractivity contribution in [2.75, 3.05) is 4.90 Å². The third-order valence-corrected chi connectivity index (χ3v) is 5.24. The molecular weight excluding hydrogens is 366 g/mol. The Morgan fingerprint density at radius 2 is 2.03 bits per heavy atom. The molecule has 0 spiro atoms. The van der Waals surface area contributed by atoms with Crippen molar-refractivity contribution in [1.82, 2.24) is 4.98 Å². The van der Waals surface area contributed by atoms with Gasteiger partial charge >= 0.3 is 0 Å². The molecule has 0 unspecified atom stereocenters. The number of nitrogens with zero attached hydrogens (tertiary/aromatic N) is 3. The summed E-state index contributed by atoms with van der Waals surface area (Å²) in [5, 5.41) is 29.0. The van der Waals surface area contributed by atoms with Gasteiger partial charge in [-0.25, -0.2) is 0 Å². The van der Waals surface area contributed by atoms with Gasteiger partial charge in [-0.05, 0) is 61.7 Å². The van der Waals surface area contributed by atoms with Gasteiger partial charge in [0.1, 0.15) is 17.6 Å². The van der Waals surface area contributed by atoms with E-state index in [0.717, 1.165) is 35.7 Å². The Labute approximate surface area is 168 Å². The van der Waals surface area contributed by atoms with Gasteiger partial charge < -0.3 is 15.1 Å². The molecule has 4 rings (SSSR count). The van der Waals surface area contributed by atoms with Crippen LogP contribution in [0.5, 0.6) is 11.5 Å². The molecule has 0 saturated carbocycles. The lowest BCUT2D eigenvalue weighted by molar-refractivity contribution is 0.0972. The van der Waals surface area contributed by atoms with E-state index in [2.05, 4.69) is 11.1 Å². The molecule has 0 saturated heterocycles. The SMILES string of the molecule is C[C@H]1CCc2cc(-c3ncccc3C#N)ccc2N1C(=O)c1ccc(O)cc1O. The van der Waals surface area contributed by atoms with Crippen molar-refractivity contribution in [2.45, 2.75) is 25.8 Å². The number of benzene rings is 2. The molecule has 6 nitrogen and oxygen atoms in total. The van der Waals surface area contributed by atoms with Crippen LogP contribution >= 0.6 is 0 Å². The molecule has 29 heavy (non-hydrogen) atoms. The highest BCUT2D eigenvalue weighted by Gasteiger charge is 2.30. The van der Waals surface area contributed by atoms with Gasteiger partial charge in [0.25, 0.3) is 5.91 Å². The average molecular weight is 385 g/mol. The minimum absolute atomic E-state index is 0.0430. The summed E-state index contributed by atoms with van der Waals surface area (Å²) in [7, 11) is 0. The maximum Gasteiger partial charge on any atom is 0.262 e. The molecule has 1 aromatic heterocycles. The van der Waals surface area contributed by atoms with Crippen molar-refractivity contribution < 1.29 is 15.0 Å². The van der Waals surface area contributed by atoms with Crippen molar-refractivity contribution in [3.8, 4) is 28.8 Å². The van der Waals surface area contributed by atoms with E-state index >= 15 is 0 Å². The van der Waals surface area contributed by atoms with E-state index in [4.69, 9.17) is 0 Å². The number of nitriles is 1. The second-order valence-corrected chi connectivity index (χ2v) is 7.12. The standard InChI is InChI=1S/C23H19N3O3/c1-14-4-5-15-11-16(22-17(13-24)3-2-10-25-22)6-9-20(15)26(14)23(29)19-8-7-18(27)12-21(19)28/h2-3,6-12,14,27-28H,4-5H2,1H3/t14-/m0/s1. The van der Waals surface area contributed by atoms with Crippen LogP contribution in [0.25, 0.3) is 11.3 Å². The molecule has 0 fully saturated rings. The van der Waals surface area contributed by atoms with Crippen LogP contribution in [0.2, 0.25) is 0 Å². The van der Waals surface area contributed by atoms with E-state index in [-0.39, 0.29) is 29.0 Å². The molecule has 1 aliphatic rings. The number of aryl methyl sites for hydroxylation is 1. The number of amides is 1. The lowest BCUT2D eigenvalue weighted by atomic mass is 9.92. The number of fused-ring (bicyclic) bond motifs is 1. The summed E-state index contributed by atoms with van der Waals surface area (Å²) in [6.07, 6.45) is 3.22. The van der Waals surface area contributed by atoms with Gasteiger partial charge in [-0.15, -0.1) is 0 Å². The normalized spacial score (nSPS) is 15.4. The van der Waals surface area contributed by atoms with Crippen LogP contribution in [0.4, 0.5) is 5.69 Å². The number of anilines is 1. The quantitative estimate of drug-likeness (QED) is 0.695. The van der Waals surface area contributed by atoms with Crippen LogP contribution in [0, 0.1) is 11.3 Å². The topological polar surface area (TPSA) is 97.5 Å². The number of phenolic OH excluding ortho intramolecular Hbond substituents is 2. The molecule has 6 heteroatoms. The number of carbonyl (C=O) groups excluding carboxylic acids is 1. The highest BCUT2D eigenvalue weighted by molar-refractivity contribution is 6.09. The second-order valence-electron chi connectivity index (χ2n) is 7.12. The Balaban J connectivity index is 1.77. The van der Waals surface area contributed by atoms with Gasteiger partial charge in [0.15, 0.2) is 0 Å². The first-order valence-electron chi connectivity index (χ1n) is 9.33. The van der Waals surface area contributed by atoms with Gasteiger partial charge in [0.05, 0.1) is 16.8 Å². The largest absolute Gasteiger partial charge is 0.508 e. The Bertz CT molecular complexity index is 1150. The summed E-state index contributed by atoms with van der Waals surface area (Å²) in [4.78, 5) is 19.2. The van der Waals surface area contributed by atoms with Crippen molar-refractivity contribution >= 4 is 11.6 Å². The van der Waals surface area contributed by atoms with Gasteiger partial charge in [0.2, 0.25) is 0 Å². The number of aromatic hydroxyl groups is 2. The molecule has 2 N–H and O–H groups in total. The minimum atomic E-state index is -0.320. The van der Waals surface area contributed by atoms with Crippen molar-refractivity contribution in [1.29, 1.82) is 5.26 Å². The molecule has 0 radical (unpaired) electrons. The zero-order valence-electron chi connectivity index (χ0n) is 15.8. The van der Waals surface area contributed by atoms with E-state index in [1.54, 1.807) is 23.2 Å². The third-order valence-electron chi connectivity index (χ3n) is 5.24. The smallest absolute Gasteiger partial charge is 0.262 e. The zero-order valence-corrected chi connectivity index (χ0v) is 15.8. The summed E-state index contributed by atoms with van der Waals surface area (Å²) in [6.45, 7) is 1.97. The highest BCUT2D eigenvalue weighted by Crippen LogP contribution is 2.36. The van der Waals surface area contributed by atoms with Crippen LogP contribution < -0.4 is 4.90 Å². The molecule has 2 aromatic carbocycles. The Morgan fingerprint density at radius 3 is 2.79 bits per heavy atom. The molecule has 1 amide bonds. The molecule has 1 atom stereocenters. The fourth-order valence-corrected chi connectivity index (χ4v) is 3.76. The molecular formula is C23H19N3O3. The van der Waals surface area contributed by atoms with E-state index < -0.39 is 0 Å². The van der Waals surface area contributed by atoms with Gasteiger partial charge in [-0.2, -0.15) is 5.26 Å². The van der Waals surface area contributed by atoms with E-state index in [1.165, 1.54) is 12.1 Å². The van der Waals surface area contributed by atoms with Crippen molar-refractivity contribution in [2.24, 2.45) is 0 Å². The van der Waals surface area contributed by atoms with Gasteiger partial charge in [-0.3, -0.25) is 9.78 Å². The van der Waals surface area contributed by atoms with Gasteiger partial charge in [-0.1, -0.05) is 6.07 Å². The summed E-state index contributed by atoms with van der Waals surface area (Å²) >= 11 is 0. The van der Waals surface area contributed by atoms with Gasteiger partial charge in [0, 0.05) is 29.6 Å². The molecule has 0 aliphatic carbocycles. The Kier molecular flexibility index (Phi) is 4.65. The number of aromatic nitrogens is 1. The molecule has 1 aliphatic heterocycles. The number of hydrogen-bond donors (Lipinski definition) is 2. The number of pyridine rings is 1. The van der Waals surface area contributed by atoms with E-state index in [1.807, 2.05) is 25.1 Å². The summed E-state index contributed by atoms with van der Waals surface area (Å²) in [6, 6.07) is 15.3. The average Bonchev–Trinajstić information content (AvgIpc) is 2.73. The van der Waals surface area contributed by atoms with Crippen molar-refractivity contribution in [3.63, 3.8) is 0 Å². The first-order chi connectivity index (χ1) is 14.0. The van der Waals surface area contributed by atoms with Crippen LogP contribution in [-0.4, -0.2) is 27.1 Å². The fourth-order valence-electron chi connectivity index (χ4n) is 3.76. The Morgan fingerprint density at radius 1 is 1.21 bits per heavy atom. The van der Waals surface area contributed by atoms with Crippen LogP contribution in [0.1, 0.15) is 34.8 Å². The predicted molar refractivity (Wildman–Crippen MR) is 109 cm³/mol. The molecule has 0 bridgehead atoms. The third kappa shape index (κ3) is 3.27. The molecule has 144 valence electrons. The number of carbonyl (C=O) groups is 1. The van der Waals surface area contributed by atoms with Crippen molar-refractivity contribution in [3.05, 3.63) is 71.4 Å². The summed E-state index contributed by atoms with van der Waals surface area (Å²) in [5.41, 5.74) is 3.85. The maximum absolute atomic E-state index is 13.2. The number of rotatable bonds is 2. The second kappa shape index (κ2) is 7.28. The van der Waals surface area contributed by atoms with E-state index in [0.29, 0.717) is 11.3 Å². The zero-order chi connectivity index (χ0) is 20.5. The first-order valence-corrected chi connectivity index (χ1v) is 9.33. The molecule has 3 aromatic rings. The summed E-state index contributed by atoms with van der Waals surface area (Å²) in [5.74, 6) is -0.670. The highest BCUT2D eigenvalue weighted by atomic mass is 16.3. The predicted octanol–water partition coefficient (Wildman–Crippen LogP) is 4.01. The maximum atomic E-state index is 13.2. The number of phenols is 2. The summed E-state index contributed by atoms with van der Waals surface area (Å²) < 4.78 is 0. The minimum Gasteiger partial charge on any atom is -0.508 e. The van der Waals surface area contributed by atoms with Crippen LogP contribution in [0.15, 0.2) is 54.7 Å². The van der Waals surface area contributed by atoms with Crippen LogP contribution in [-0.2, 0) is 6.42 Å². The fraction of sp³-hybridized carbons (Fsp3) is 0.174. The first kappa shape index (κ1) is 18.5. The monoisotopic (exact) mass is 385 g/mol. The van der Waals surface area contributed by atoms with E-state index in [9.17, 15) is 20.3 Å². The lowest BCUT2D eigenvalue weighted by Gasteiger charge is -2.35. The Hall–Kier alpha value is -3.85. The molecule has 2 heterocycles. The number of hydrogen-bond acceptors (Lipinski definition) is 5.